The van der Waals surface area contributed by atoms with Gasteiger partial charge in [-0.05, 0) is 36.6 Å². The van der Waals surface area contributed by atoms with Crippen LogP contribution in [0.3, 0.4) is 0 Å². The minimum absolute atomic E-state index is 0.0724. The van der Waals surface area contributed by atoms with E-state index in [-0.39, 0.29) is 11.8 Å². The number of amides is 1. The predicted octanol–water partition coefficient (Wildman–Crippen LogP) is 7.16. The molecule has 0 fully saturated rings. The first-order valence-corrected chi connectivity index (χ1v) is 12.0. The lowest BCUT2D eigenvalue weighted by atomic mass is 9.88. The maximum atomic E-state index is 13.4. The van der Waals surface area contributed by atoms with E-state index in [0.29, 0.717) is 12.1 Å². The van der Waals surface area contributed by atoms with Crippen molar-refractivity contribution in [3.8, 4) is 11.3 Å². The van der Waals surface area contributed by atoms with Crippen molar-refractivity contribution < 1.29 is 4.79 Å². The molecule has 0 saturated carbocycles. The Morgan fingerprint density at radius 1 is 0.771 bits per heavy atom. The van der Waals surface area contributed by atoms with Gasteiger partial charge >= 0.3 is 0 Å². The summed E-state index contributed by atoms with van der Waals surface area (Å²) < 4.78 is 0. The topological polar surface area (TPSA) is 42.0 Å². The van der Waals surface area contributed by atoms with Gasteiger partial charge in [-0.25, -0.2) is 4.98 Å². The SMILES string of the molecule is Cc1ccc(-c2cc(C(=O)NCCC(c3ccccc3)c3ccccc3)c3ccccc3n2)cc1. The molecular weight excluding hydrogens is 428 g/mol. The van der Waals surface area contributed by atoms with E-state index < -0.39 is 0 Å². The number of nitrogens with one attached hydrogen (secondary N) is 1. The van der Waals surface area contributed by atoms with Crippen molar-refractivity contribution in [1.82, 2.24) is 10.3 Å². The van der Waals surface area contributed by atoms with Crippen molar-refractivity contribution in [3.05, 3.63) is 138 Å². The molecular formula is C32H28N2O. The molecule has 0 aliphatic heterocycles. The molecule has 0 radical (unpaired) electrons. The average molecular weight is 457 g/mol. The molecule has 3 heteroatoms. The van der Waals surface area contributed by atoms with Gasteiger partial charge in [-0.2, -0.15) is 0 Å². The van der Waals surface area contributed by atoms with E-state index in [1.807, 2.05) is 42.5 Å². The summed E-state index contributed by atoms with van der Waals surface area (Å²) in [7, 11) is 0. The molecule has 1 N–H and O–H groups in total. The van der Waals surface area contributed by atoms with Gasteiger partial charge in [0.05, 0.1) is 16.8 Å². The van der Waals surface area contributed by atoms with Crippen molar-refractivity contribution >= 4 is 16.8 Å². The second kappa shape index (κ2) is 10.4. The molecule has 0 atom stereocenters. The Balaban J connectivity index is 1.40. The minimum atomic E-state index is -0.0724. The summed E-state index contributed by atoms with van der Waals surface area (Å²) in [6.45, 7) is 2.64. The Morgan fingerprint density at radius 3 is 2.03 bits per heavy atom. The van der Waals surface area contributed by atoms with Crippen LogP contribution in [0.5, 0.6) is 0 Å². The van der Waals surface area contributed by atoms with Gasteiger partial charge < -0.3 is 5.32 Å². The molecule has 0 unspecified atom stereocenters. The van der Waals surface area contributed by atoms with Crippen LogP contribution in [-0.4, -0.2) is 17.4 Å². The third kappa shape index (κ3) is 5.15. The molecule has 5 rings (SSSR count). The van der Waals surface area contributed by atoms with Gasteiger partial charge in [-0.3, -0.25) is 4.79 Å². The van der Waals surface area contributed by atoms with Crippen LogP contribution < -0.4 is 5.32 Å². The lowest BCUT2D eigenvalue weighted by molar-refractivity contribution is 0.0954. The average Bonchev–Trinajstić information content (AvgIpc) is 2.92. The molecule has 0 spiro atoms. The lowest BCUT2D eigenvalue weighted by Crippen LogP contribution is -2.26. The summed E-state index contributed by atoms with van der Waals surface area (Å²) >= 11 is 0. The van der Waals surface area contributed by atoms with Crippen molar-refractivity contribution in [3.63, 3.8) is 0 Å². The Hall–Kier alpha value is -4.24. The van der Waals surface area contributed by atoms with Crippen LogP contribution in [0, 0.1) is 6.92 Å². The first-order chi connectivity index (χ1) is 17.2. The zero-order valence-electron chi connectivity index (χ0n) is 19.8. The zero-order valence-corrected chi connectivity index (χ0v) is 19.8. The molecule has 4 aromatic carbocycles. The molecule has 1 amide bonds. The zero-order chi connectivity index (χ0) is 24.0. The molecule has 0 saturated heterocycles. The van der Waals surface area contributed by atoms with Crippen molar-refractivity contribution in [2.45, 2.75) is 19.3 Å². The van der Waals surface area contributed by atoms with Crippen LogP contribution in [-0.2, 0) is 0 Å². The molecule has 1 aromatic heterocycles. The Kier molecular flexibility index (Phi) is 6.67. The third-order valence-corrected chi connectivity index (χ3v) is 6.43. The normalized spacial score (nSPS) is 11.0. The summed E-state index contributed by atoms with van der Waals surface area (Å²) in [6.07, 6.45) is 0.813. The number of nitrogens with zero attached hydrogens (tertiary/aromatic N) is 1. The number of benzene rings is 4. The van der Waals surface area contributed by atoms with E-state index in [0.717, 1.165) is 28.6 Å². The predicted molar refractivity (Wildman–Crippen MR) is 144 cm³/mol. The quantitative estimate of drug-likeness (QED) is 0.282. The van der Waals surface area contributed by atoms with Gasteiger partial charge in [0.15, 0.2) is 0 Å². The highest BCUT2D eigenvalue weighted by molar-refractivity contribution is 6.07. The molecule has 0 aliphatic rings. The Bertz CT molecular complexity index is 1390. The molecule has 1 heterocycles. The molecule has 0 aliphatic carbocycles. The molecule has 5 aromatic rings. The number of rotatable bonds is 7. The van der Waals surface area contributed by atoms with Crippen LogP contribution in [0.25, 0.3) is 22.2 Å². The smallest absolute Gasteiger partial charge is 0.252 e. The Labute approximate surface area is 206 Å². The van der Waals surface area contributed by atoms with Crippen molar-refractivity contribution in [2.24, 2.45) is 0 Å². The van der Waals surface area contributed by atoms with Gasteiger partial charge in [0.1, 0.15) is 0 Å². The number of aromatic nitrogens is 1. The van der Waals surface area contributed by atoms with E-state index in [1.54, 1.807) is 0 Å². The number of aryl methyl sites for hydroxylation is 1. The number of carbonyl (C=O) groups excluding carboxylic acids is 1. The monoisotopic (exact) mass is 456 g/mol. The fourth-order valence-corrected chi connectivity index (χ4v) is 4.56. The molecule has 172 valence electrons. The fraction of sp³-hybridized carbons (Fsp3) is 0.125. The standard InChI is InChI=1S/C32H28N2O/c1-23-16-18-26(19-17-23)31-22-29(28-14-8-9-15-30(28)34-31)32(35)33-21-20-27(24-10-4-2-5-11-24)25-12-6-3-7-13-25/h2-19,22,27H,20-21H2,1H3,(H,33,35). The fourth-order valence-electron chi connectivity index (χ4n) is 4.56. The van der Waals surface area contributed by atoms with E-state index >= 15 is 0 Å². The van der Waals surface area contributed by atoms with E-state index in [2.05, 4.69) is 85.0 Å². The summed E-state index contributed by atoms with van der Waals surface area (Å²) in [5.74, 6) is 0.145. The van der Waals surface area contributed by atoms with Gasteiger partial charge in [-0.15, -0.1) is 0 Å². The number of pyridine rings is 1. The molecule has 35 heavy (non-hydrogen) atoms. The number of carbonyl (C=O) groups is 1. The van der Waals surface area contributed by atoms with E-state index in [4.69, 9.17) is 4.98 Å². The number of fused-ring (bicyclic) bond motifs is 1. The van der Waals surface area contributed by atoms with Gasteiger partial charge in [0.2, 0.25) is 0 Å². The first-order valence-electron chi connectivity index (χ1n) is 12.0. The third-order valence-electron chi connectivity index (χ3n) is 6.43. The minimum Gasteiger partial charge on any atom is -0.352 e. The highest BCUT2D eigenvalue weighted by atomic mass is 16.1. The maximum absolute atomic E-state index is 13.4. The summed E-state index contributed by atoms with van der Waals surface area (Å²) in [6, 6.07) is 39.0. The van der Waals surface area contributed by atoms with Crippen LogP contribution in [0.15, 0.2) is 115 Å². The van der Waals surface area contributed by atoms with Gasteiger partial charge in [0, 0.05) is 23.4 Å². The van der Waals surface area contributed by atoms with Crippen molar-refractivity contribution in [1.29, 1.82) is 0 Å². The van der Waals surface area contributed by atoms with Crippen LogP contribution in [0.1, 0.15) is 39.4 Å². The summed E-state index contributed by atoms with van der Waals surface area (Å²) in [5, 5.41) is 4.05. The number of hydrogen-bond donors (Lipinski definition) is 1. The van der Waals surface area contributed by atoms with Crippen LogP contribution in [0.4, 0.5) is 0 Å². The second-order valence-corrected chi connectivity index (χ2v) is 8.86. The van der Waals surface area contributed by atoms with Gasteiger partial charge in [-0.1, -0.05) is 109 Å². The van der Waals surface area contributed by atoms with Crippen LogP contribution in [0.2, 0.25) is 0 Å². The van der Waals surface area contributed by atoms with Crippen LogP contribution >= 0.6 is 0 Å². The number of para-hydroxylation sites is 1. The summed E-state index contributed by atoms with van der Waals surface area (Å²) in [4.78, 5) is 18.2. The first kappa shape index (κ1) is 22.5. The van der Waals surface area contributed by atoms with E-state index in [9.17, 15) is 4.79 Å². The Morgan fingerprint density at radius 2 is 1.37 bits per heavy atom. The highest BCUT2D eigenvalue weighted by Crippen LogP contribution is 2.28. The largest absolute Gasteiger partial charge is 0.352 e. The lowest BCUT2D eigenvalue weighted by Gasteiger charge is -2.19. The highest BCUT2D eigenvalue weighted by Gasteiger charge is 2.17. The maximum Gasteiger partial charge on any atom is 0.252 e. The molecule has 0 bridgehead atoms. The molecule has 3 nitrogen and oxygen atoms in total. The number of hydrogen-bond acceptors (Lipinski definition) is 2. The second-order valence-electron chi connectivity index (χ2n) is 8.86. The van der Waals surface area contributed by atoms with E-state index in [1.165, 1.54) is 16.7 Å². The van der Waals surface area contributed by atoms with Crippen molar-refractivity contribution in [2.75, 3.05) is 6.54 Å². The van der Waals surface area contributed by atoms with Gasteiger partial charge in [0.25, 0.3) is 5.91 Å². The summed E-state index contributed by atoms with van der Waals surface area (Å²) in [5.41, 5.74) is 6.99.